The van der Waals surface area contributed by atoms with E-state index >= 15 is 0 Å². The number of carbonyl (C=O) groups is 1. The second-order valence-electron chi connectivity index (χ2n) is 3.66. The Balaban J connectivity index is 2.23. The summed E-state index contributed by atoms with van der Waals surface area (Å²) in [4.78, 5) is 13.1. The van der Waals surface area contributed by atoms with E-state index in [-0.39, 0.29) is 11.7 Å². The Kier molecular flexibility index (Phi) is 3.23. The van der Waals surface area contributed by atoms with Crippen LogP contribution >= 0.6 is 0 Å². The fourth-order valence-electron chi connectivity index (χ4n) is 1.56. The molecule has 0 spiro atoms. The molecule has 1 amide bonds. The number of furan rings is 1. The first kappa shape index (κ1) is 11.4. The first-order valence-corrected chi connectivity index (χ1v) is 5.23. The predicted molar refractivity (Wildman–Crippen MR) is 62.0 cm³/mol. The standard InChI is InChI=1S/C13H12FNO2/c1-10(16)15(9-13-3-2-8-17-13)12-6-4-11(14)5-7-12/h2-8H,9H2,1H3. The summed E-state index contributed by atoms with van der Waals surface area (Å²) < 4.78 is 18.0. The second kappa shape index (κ2) is 4.82. The quantitative estimate of drug-likeness (QED) is 0.816. The van der Waals surface area contributed by atoms with Crippen molar-refractivity contribution in [2.75, 3.05) is 4.90 Å². The van der Waals surface area contributed by atoms with Gasteiger partial charge in [-0.3, -0.25) is 4.79 Å². The summed E-state index contributed by atoms with van der Waals surface area (Å²) in [6, 6.07) is 9.35. The number of anilines is 1. The Labute approximate surface area is 98.5 Å². The lowest BCUT2D eigenvalue weighted by atomic mass is 10.2. The van der Waals surface area contributed by atoms with Crippen molar-refractivity contribution in [1.29, 1.82) is 0 Å². The van der Waals surface area contributed by atoms with Gasteiger partial charge in [0.1, 0.15) is 11.6 Å². The summed E-state index contributed by atoms with van der Waals surface area (Å²) in [5.41, 5.74) is 0.648. The molecule has 1 heterocycles. The summed E-state index contributed by atoms with van der Waals surface area (Å²) in [6.07, 6.45) is 1.55. The van der Waals surface area contributed by atoms with Gasteiger partial charge in [-0.2, -0.15) is 0 Å². The van der Waals surface area contributed by atoms with Gasteiger partial charge in [0.25, 0.3) is 0 Å². The van der Waals surface area contributed by atoms with Crippen molar-refractivity contribution in [1.82, 2.24) is 0 Å². The van der Waals surface area contributed by atoms with E-state index in [9.17, 15) is 9.18 Å². The van der Waals surface area contributed by atoms with Crippen molar-refractivity contribution in [3.63, 3.8) is 0 Å². The van der Waals surface area contributed by atoms with Gasteiger partial charge in [0, 0.05) is 12.6 Å². The fourth-order valence-corrected chi connectivity index (χ4v) is 1.56. The van der Waals surface area contributed by atoms with Crippen LogP contribution in [-0.4, -0.2) is 5.91 Å². The SMILES string of the molecule is CC(=O)N(Cc1ccco1)c1ccc(F)cc1. The molecule has 2 aromatic rings. The third kappa shape index (κ3) is 2.72. The van der Waals surface area contributed by atoms with Crippen molar-refractivity contribution in [3.05, 3.63) is 54.2 Å². The maximum Gasteiger partial charge on any atom is 0.224 e. The molecule has 0 aliphatic rings. The summed E-state index contributed by atoms with van der Waals surface area (Å²) in [5.74, 6) is 0.243. The molecule has 88 valence electrons. The molecule has 3 nitrogen and oxygen atoms in total. The highest BCUT2D eigenvalue weighted by Crippen LogP contribution is 2.18. The van der Waals surface area contributed by atoms with E-state index in [2.05, 4.69) is 0 Å². The van der Waals surface area contributed by atoms with E-state index in [4.69, 9.17) is 4.42 Å². The topological polar surface area (TPSA) is 33.5 Å². The van der Waals surface area contributed by atoms with E-state index in [1.54, 1.807) is 30.5 Å². The molecule has 1 aromatic carbocycles. The molecule has 0 fully saturated rings. The molecule has 0 saturated carbocycles. The Morgan fingerprint density at radius 2 is 2.00 bits per heavy atom. The molecular weight excluding hydrogens is 221 g/mol. The summed E-state index contributed by atoms with van der Waals surface area (Å²) in [5, 5.41) is 0. The van der Waals surface area contributed by atoms with Gasteiger partial charge in [0.15, 0.2) is 0 Å². The van der Waals surface area contributed by atoms with Gasteiger partial charge in [-0.1, -0.05) is 0 Å². The highest BCUT2D eigenvalue weighted by atomic mass is 19.1. The maximum atomic E-state index is 12.8. The van der Waals surface area contributed by atoms with Crippen LogP contribution in [0.15, 0.2) is 47.1 Å². The lowest BCUT2D eigenvalue weighted by Crippen LogP contribution is -2.27. The number of carbonyl (C=O) groups excluding carboxylic acids is 1. The van der Waals surface area contributed by atoms with Crippen LogP contribution in [0.4, 0.5) is 10.1 Å². The van der Waals surface area contributed by atoms with Crippen molar-refractivity contribution in [2.45, 2.75) is 13.5 Å². The maximum absolute atomic E-state index is 12.8. The van der Waals surface area contributed by atoms with Crippen LogP contribution in [0.5, 0.6) is 0 Å². The monoisotopic (exact) mass is 233 g/mol. The van der Waals surface area contributed by atoms with Crippen LogP contribution in [0.3, 0.4) is 0 Å². The van der Waals surface area contributed by atoms with Gasteiger partial charge in [0.05, 0.1) is 12.8 Å². The van der Waals surface area contributed by atoms with Crippen molar-refractivity contribution >= 4 is 11.6 Å². The van der Waals surface area contributed by atoms with Crippen LogP contribution in [0, 0.1) is 5.82 Å². The van der Waals surface area contributed by atoms with Crippen LogP contribution < -0.4 is 4.90 Å². The van der Waals surface area contributed by atoms with Crippen molar-refractivity contribution in [2.24, 2.45) is 0 Å². The van der Waals surface area contributed by atoms with Crippen LogP contribution in [0.1, 0.15) is 12.7 Å². The zero-order valence-electron chi connectivity index (χ0n) is 9.39. The van der Waals surface area contributed by atoms with E-state index < -0.39 is 0 Å². The minimum Gasteiger partial charge on any atom is -0.467 e. The molecule has 0 aliphatic carbocycles. The average molecular weight is 233 g/mol. The van der Waals surface area contributed by atoms with Gasteiger partial charge >= 0.3 is 0 Å². The number of hydrogen-bond donors (Lipinski definition) is 0. The molecule has 0 aliphatic heterocycles. The molecule has 0 radical (unpaired) electrons. The minimum absolute atomic E-state index is 0.118. The van der Waals surface area contributed by atoms with Crippen LogP contribution in [-0.2, 0) is 11.3 Å². The van der Waals surface area contributed by atoms with E-state index in [0.29, 0.717) is 18.0 Å². The zero-order valence-corrected chi connectivity index (χ0v) is 9.39. The smallest absolute Gasteiger partial charge is 0.224 e. The van der Waals surface area contributed by atoms with Gasteiger partial charge in [-0.05, 0) is 36.4 Å². The zero-order chi connectivity index (χ0) is 12.3. The van der Waals surface area contributed by atoms with Crippen molar-refractivity contribution < 1.29 is 13.6 Å². The molecule has 17 heavy (non-hydrogen) atoms. The summed E-state index contributed by atoms with van der Waals surface area (Å²) in [6.45, 7) is 1.81. The summed E-state index contributed by atoms with van der Waals surface area (Å²) in [7, 11) is 0. The third-order valence-corrected chi connectivity index (χ3v) is 2.41. The Morgan fingerprint density at radius 1 is 1.29 bits per heavy atom. The molecule has 0 unspecified atom stereocenters. The normalized spacial score (nSPS) is 10.2. The van der Waals surface area contributed by atoms with Gasteiger partial charge in [-0.15, -0.1) is 0 Å². The Hall–Kier alpha value is -2.10. The van der Waals surface area contributed by atoms with Crippen molar-refractivity contribution in [3.8, 4) is 0 Å². The molecule has 0 saturated heterocycles. The second-order valence-corrected chi connectivity index (χ2v) is 3.66. The number of halogens is 1. The Bertz CT molecular complexity index is 491. The molecule has 0 N–H and O–H groups in total. The van der Waals surface area contributed by atoms with E-state index in [1.165, 1.54) is 24.0 Å². The highest BCUT2D eigenvalue weighted by molar-refractivity contribution is 5.91. The van der Waals surface area contributed by atoms with Crippen LogP contribution in [0.25, 0.3) is 0 Å². The number of rotatable bonds is 3. The first-order valence-electron chi connectivity index (χ1n) is 5.23. The van der Waals surface area contributed by atoms with Gasteiger partial charge in [-0.25, -0.2) is 4.39 Å². The van der Waals surface area contributed by atoms with Crippen LogP contribution in [0.2, 0.25) is 0 Å². The minimum atomic E-state index is -0.324. The van der Waals surface area contributed by atoms with E-state index in [1.807, 2.05) is 0 Å². The lowest BCUT2D eigenvalue weighted by molar-refractivity contribution is -0.116. The summed E-state index contributed by atoms with van der Waals surface area (Å²) >= 11 is 0. The molecular formula is C13H12FNO2. The molecule has 4 heteroatoms. The molecule has 1 aromatic heterocycles. The van der Waals surface area contributed by atoms with Gasteiger partial charge < -0.3 is 9.32 Å². The molecule has 0 bridgehead atoms. The first-order chi connectivity index (χ1) is 8.16. The third-order valence-electron chi connectivity index (χ3n) is 2.41. The predicted octanol–water partition coefficient (Wildman–Crippen LogP) is 2.97. The fraction of sp³-hybridized carbons (Fsp3) is 0.154. The lowest BCUT2D eigenvalue weighted by Gasteiger charge is -2.19. The molecule has 2 rings (SSSR count). The van der Waals surface area contributed by atoms with E-state index in [0.717, 1.165) is 0 Å². The number of nitrogens with zero attached hydrogens (tertiary/aromatic N) is 1. The number of hydrogen-bond acceptors (Lipinski definition) is 2. The number of amides is 1. The largest absolute Gasteiger partial charge is 0.467 e. The van der Waals surface area contributed by atoms with Gasteiger partial charge in [0.2, 0.25) is 5.91 Å². The number of benzene rings is 1. The average Bonchev–Trinajstić information content (AvgIpc) is 2.80. The molecule has 0 atom stereocenters. The highest BCUT2D eigenvalue weighted by Gasteiger charge is 2.13. The Morgan fingerprint density at radius 3 is 2.53 bits per heavy atom.